The minimum absolute atomic E-state index is 0.0694. The maximum atomic E-state index is 4.35. The van der Waals surface area contributed by atoms with Gasteiger partial charge in [0.2, 0.25) is 0 Å². The first-order chi connectivity index (χ1) is 3.50. The molecule has 0 heterocycles. The summed E-state index contributed by atoms with van der Waals surface area (Å²) in [6, 6.07) is 0. The van der Waals surface area contributed by atoms with E-state index in [0.717, 1.165) is 6.42 Å². The second-order valence-electron chi connectivity index (χ2n) is 2.39. The van der Waals surface area contributed by atoms with Gasteiger partial charge in [-0.15, -0.1) is 0 Å². The van der Waals surface area contributed by atoms with E-state index in [1.54, 1.807) is 0 Å². The van der Waals surface area contributed by atoms with E-state index in [1.165, 1.54) is 0 Å². The molecule has 0 amide bonds. The van der Waals surface area contributed by atoms with Gasteiger partial charge in [0, 0.05) is 0 Å². The molecule has 0 aromatic heterocycles. The molecular formula is C6H14S2. The number of rotatable bonds is 2. The Morgan fingerprint density at radius 2 is 1.75 bits per heavy atom. The zero-order valence-electron chi connectivity index (χ0n) is 5.68. The summed E-state index contributed by atoms with van der Waals surface area (Å²) >= 11 is 8.69. The van der Waals surface area contributed by atoms with Crippen LogP contribution < -0.4 is 0 Å². The Morgan fingerprint density at radius 3 is 1.75 bits per heavy atom. The third-order valence-corrected chi connectivity index (χ3v) is 3.11. The van der Waals surface area contributed by atoms with Gasteiger partial charge in [0.1, 0.15) is 0 Å². The molecule has 0 aliphatic rings. The summed E-state index contributed by atoms with van der Waals surface area (Å²) in [5, 5.41) is 0. The van der Waals surface area contributed by atoms with Gasteiger partial charge in [0.25, 0.3) is 0 Å². The lowest BCUT2D eigenvalue weighted by Gasteiger charge is -2.24. The first kappa shape index (κ1) is 8.70. The Balaban J connectivity index is 3.71. The van der Waals surface area contributed by atoms with E-state index in [9.17, 15) is 0 Å². The lowest BCUT2D eigenvalue weighted by Crippen LogP contribution is -2.19. The Bertz CT molecular complexity index is 66.9. The molecule has 0 aliphatic heterocycles. The monoisotopic (exact) mass is 150 g/mol. The van der Waals surface area contributed by atoms with Gasteiger partial charge in [0.15, 0.2) is 0 Å². The second kappa shape index (κ2) is 3.02. The highest BCUT2D eigenvalue weighted by Crippen LogP contribution is 2.31. The molecule has 0 radical (unpaired) electrons. The summed E-state index contributed by atoms with van der Waals surface area (Å²) in [6.45, 7) is 6.35. The van der Waals surface area contributed by atoms with E-state index in [4.69, 9.17) is 0 Å². The predicted octanol–water partition coefficient (Wildman–Crippen LogP) is 2.61. The molecule has 2 heteroatoms. The number of hydrogen-bond acceptors (Lipinski definition) is 2. The molecule has 0 aromatic carbocycles. The fourth-order valence-electron chi connectivity index (χ4n) is 0.408. The van der Waals surface area contributed by atoms with Gasteiger partial charge < -0.3 is 0 Å². The summed E-state index contributed by atoms with van der Waals surface area (Å²) in [6.07, 6.45) is 1.01. The van der Waals surface area contributed by atoms with Crippen molar-refractivity contribution in [1.29, 1.82) is 0 Å². The molecule has 0 aliphatic carbocycles. The van der Waals surface area contributed by atoms with Crippen molar-refractivity contribution in [2.75, 3.05) is 0 Å². The standard InChI is InChI=1S/C6H14S2/c1-4-6(7,8)5(2)3/h5,7-8H,4H2,1-3H3. The number of thiol groups is 2. The third kappa shape index (κ3) is 2.31. The van der Waals surface area contributed by atoms with Gasteiger partial charge in [-0.2, -0.15) is 25.3 Å². The molecule has 0 unspecified atom stereocenters. The van der Waals surface area contributed by atoms with Crippen molar-refractivity contribution < 1.29 is 0 Å². The molecule has 0 aromatic rings. The molecule has 0 N–H and O–H groups in total. The van der Waals surface area contributed by atoms with E-state index >= 15 is 0 Å². The average molecular weight is 150 g/mol. The van der Waals surface area contributed by atoms with Crippen LogP contribution in [0.4, 0.5) is 0 Å². The first-order valence-corrected chi connectivity index (χ1v) is 3.85. The van der Waals surface area contributed by atoms with Gasteiger partial charge in [-0.25, -0.2) is 0 Å². The van der Waals surface area contributed by atoms with Crippen LogP contribution in [0.2, 0.25) is 0 Å². The molecule has 0 rings (SSSR count). The SMILES string of the molecule is CCC(S)(S)C(C)C. The second-order valence-corrected chi connectivity index (χ2v) is 4.34. The van der Waals surface area contributed by atoms with Crippen molar-refractivity contribution >= 4 is 25.3 Å². The summed E-state index contributed by atoms with van der Waals surface area (Å²) in [7, 11) is 0. The van der Waals surface area contributed by atoms with E-state index < -0.39 is 0 Å². The highest BCUT2D eigenvalue weighted by Gasteiger charge is 2.21. The van der Waals surface area contributed by atoms with Crippen LogP contribution in [0.5, 0.6) is 0 Å². The summed E-state index contributed by atoms with van der Waals surface area (Å²) in [5.74, 6) is 0.541. The zero-order valence-corrected chi connectivity index (χ0v) is 7.47. The third-order valence-electron chi connectivity index (χ3n) is 1.44. The smallest absolute Gasteiger partial charge is 0.0572 e. The fourth-order valence-corrected chi connectivity index (χ4v) is 0.408. The Labute approximate surface area is 62.9 Å². The largest absolute Gasteiger partial charge is 0.162 e. The highest BCUT2D eigenvalue weighted by atomic mass is 32.2. The maximum Gasteiger partial charge on any atom is 0.0572 e. The van der Waals surface area contributed by atoms with Crippen LogP contribution in [0.3, 0.4) is 0 Å². The molecule has 0 spiro atoms. The van der Waals surface area contributed by atoms with Crippen LogP contribution in [0.1, 0.15) is 27.2 Å². The topological polar surface area (TPSA) is 0 Å². The lowest BCUT2D eigenvalue weighted by molar-refractivity contribution is 0.561. The van der Waals surface area contributed by atoms with E-state index in [2.05, 4.69) is 46.0 Å². The van der Waals surface area contributed by atoms with Crippen LogP contribution in [-0.4, -0.2) is 4.08 Å². The van der Waals surface area contributed by atoms with Crippen molar-refractivity contribution in [2.45, 2.75) is 31.3 Å². The molecule has 50 valence electrons. The Kier molecular flexibility index (Phi) is 3.28. The zero-order chi connectivity index (χ0) is 6.78. The van der Waals surface area contributed by atoms with Crippen molar-refractivity contribution in [3.05, 3.63) is 0 Å². The van der Waals surface area contributed by atoms with E-state index in [-0.39, 0.29) is 4.08 Å². The highest BCUT2D eigenvalue weighted by molar-refractivity contribution is 8.00. The average Bonchev–Trinajstić information content (AvgIpc) is 1.67. The van der Waals surface area contributed by atoms with Crippen molar-refractivity contribution in [1.82, 2.24) is 0 Å². The Hall–Kier alpha value is 0.700. The van der Waals surface area contributed by atoms with Crippen LogP contribution in [-0.2, 0) is 0 Å². The molecule has 0 saturated heterocycles. The van der Waals surface area contributed by atoms with Gasteiger partial charge in [0.05, 0.1) is 4.08 Å². The lowest BCUT2D eigenvalue weighted by atomic mass is 10.1. The summed E-state index contributed by atoms with van der Waals surface area (Å²) in [4.78, 5) is 0. The quantitative estimate of drug-likeness (QED) is 0.439. The van der Waals surface area contributed by atoms with Gasteiger partial charge in [-0.3, -0.25) is 0 Å². The first-order valence-electron chi connectivity index (χ1n) is 2.95. The van der Waals surface area contributed by atoms with Crippen LogP contribution in [0.25, 0.3) is 0 Å². The normalized spacial score (nSPS) is 12.8. The van der Waals surface area contributed by atoms with Crippen molar-refractivity contribution in [3.8, 4) is 0 Å². The molecule has 0 nitrogen and oxygen atoms in total. The van der Waals surface area contributed by atoms with Crippen LogP contribution >= 0.6 is 25.3 Å². The van der Waals surface area contributed by atoms with Crippen LogP contribution in [0.15, 0.2) is 0 Å². The van der Waals surface area contributed by atoms with Crippen molar-refractivity contribution in [3.63, 3.8) is 0 Å². The molecule has 0 saturated carbocycles. The van der Waals surface area contributed by atoms with Gasteiger partial charge >= 0.3 is 0 Å². The molecular weight excluding hydrogens is 136 g/mol. The van der Waals surface area contributed by atoms with E-state index in [1.807, 2.05) is 0 Å². The summed E-state index contributed by atoms with van der Waals surface area (Å²) < 4.78 is -0.0694. The van der Waals surface area contributed by atoms with Gasteiger partial charge in [-0.1, -0.05) is 20.8 Å². The molecule has 0 atom stereocenters. The van der Waals surface area contributed by atoms with Crippen LogP contribution in [0, 0.1) is 5.92 Å². The minimum Gasteiger partial charge on any atom is -0.162 e. The fraction of sp³-hybridized carbons (Fsp3) is 1.00. The van der Waals surface area contributed by atoms with Gasteiger partial charge in [-0.05, 0) is 12.3 Å². The van der Waals surface area contributed by atoms with Crippen molar-refractivity contribution in [2.24, 2.45) is 5.92 Å². The molecule has 0 fully saturated rings. The van der Waals surface area contributed by atoms with E-state index in [0.29, 0.717) is 5.92 Å². The molecule has 8 heavy (non-hydrogen) atoms. The summed E-state index contributed by atoms with van der Waals surface area (Å²) in [5.41, 5.74) is 0. The molecule has 0 bridgehead atoms. The Morgan fingerprint density at radius 1 is 1.38 bits per heavy atom. The predicted molar refractivity (Wildman–Crippen MR) is 45.8 cm³/mol. The number of hydrogen-bond donors (Lipinski definition) is 2. The minimum atomic E-state index is -0.0694. The maximum absolute atomic E-state index is 4.35.